The van der Waals surface area contributed by atoms with Crippen molar-refractivity contribution >= 4 is 46.2 Å². The molecule has 0 aromatic heterocycles. The van der Waals surface area contributed by atoms with E-state index in [1.54, 1.807) is 32.2 Å². The normalized spacial score (nSPS) is 14.0. The van der Waals surface area contributed by atoms with Crippen LogP contribution in [-0.2, 0) is 16.1 Å². The van der Waals surface area contributed by atoms with Gasteiger partial charge in [0.05, 0.1) is 15.6 Å². The van der Waals surface area contributed by atoms with Gasteiger partial charge < -0.3 is 14.2 Å². The van der Waals surface area contributed by atoms with Crippen LogP contribution in [0.1, 0.15) is 27.8 Å². The number of methoxy groups -OCH3 is 1. The fourth-order valence-corrected chi connectivity index (χ4v) is 4.40. The zero-order valence-corrected chi connectivity index (χ0v) is 21.4. The van der Waals surface area contributed by atoms with Crippen LogP contribution in [0.4, 0.5) is 5.69 Å². The van der Waals surface area contributed by atoms with E-state index in [0.717, 1.165) is 14.7 Å². The summed E-state index contributed by atoms with van der Waals surface area (Å²) in [5.74, 6) is 0.508. The number of esters is 1. The van der Waals surface area contributed by atoms with Crippen LogP contribution in [0.5, 0.6) is 11.5 Å². The first-order chi connectivity index (χ1) is 16.8. The second kappa shape index (κ2) is 10.3. The van der Waals surface area contributed by atoms with E-state index in [4.69, 9.17) is 14.2 Å². The zero-order valence-electron chi connectivity index (χ0n) is 19.2. The highest BCUT2D eigenvalue weighted by molar-refractivity contribution is 14.1. The van der Waals surface area contributed by atoms with Gasteiger partial charge in [-0.3, -0.25) is 10.1 Å². The van der Waals surface area contributed by atoms with Gasteiger partial charge in [-0.1, -0.05) is 30.3 Å². The Balaban J connectivity index is 1.63. The van der Waals surface area contributed by atoms with E-state index in [2.05, 4.69) is 27.6 Å². The van der Waals surface area contributed by atoms with Crippen molar-refractivity contribution in [3.8, 4) is 11.5 Å². The van der Waals surface area contributed by atoms with Crippen molar-refractivity contribution in [1.29, 1.82) is 0 Å². The predicted molar refractivity (Wildman–Crippen MR) is 140 cm³/mol. The summed E-state index contributed by atoms with van der Waals surface area (Å²) in [5.41, 5.74) is 3.65. The monoisotopic (exact) mass is 584 g/mol. The Morgan fingerprint density at radius 2 is 1.91 bits per heavy atom. The molecule has 0 aliphatic carbocycles. The van der Waals surface area contributed by atoms with E-state index in [9.17, 15) is 14.9 Å². The van der Waals surface area contributed by atoms with Crippen molar-refractivity contribution in [3.05, 3.63) is 102 Å². The molecule has 0 unspecified atom stereocenters. The maximum Gasteiger partial charge on any atom is 0.363 e. The van der Waals surface area contributed by atoms with E-state index < -0.39 is 10.9 Å². The van der Waals surface area contributed by atoms with Crippen LogP contribution in [0.2, 0.25) is 0 Å². The number of nitrogens with zero attached hydrogens (tertiary/aromatic N) is 2. The number of halogens is 1. The summed E-state index contributed by atoms with van der Waals surface area (Å²) in [5, 5.41) is 11.2. The molecule has 1 heterocycles. The van der Waals surface area contributed by atoms with E-state index in [-0.39, 0.29) is 17.3 Å². The van der Waals surface area contributed by atoms with Crippen molar-refractivity contribution in [2.75, 3.05) is 7.11 Å². The lowest BCUT2D eigenvalue weighted by Gasteiger charge is -2.14. The van der Waals surface area contributed by atoms with Gasteiger partial charge >= 0.3 is 5.97 Å². The molecule has 3 aromatic carbocycles. The van der Waals surface area contributed by atoms with Gasteiger partial charge in [-0.2, -0.15) is 0 Å². The minimum absolute atomic E-state index is 0.0299. The van der Waals surface area contributed by atoms with Crippen LogP contribution in [0, 0.1) is 27.5 Å². The van der Waals surface area contributed by atoms with Gasteiger partial charge in [0.25, 0.3) is 5.69 Å². The molecule has 0 saturated heterocycles. The summed E-state index contributed by atoms with van der Waals surface area (Å²) >= 11 is 2.16. The molecule has 0 radical (unpaired) electrons. The number of aliphatic imine (C=N–C) groups is 1. The summed E-state index contributed by atoms with van der Waals surface area (Å²) in [6.07, 6.45) is 1.58. The Kier molecular flexibility index (Phi) is 7.15. The largest absolute Gasteiger partial charge is 0.493 e. The predicted octanol–water partition coefficient (Wildman–Crippen LogP) is 5.75. The van der Waals surface area contributed by atoms with Gasteiger partial charge in [-0.05, 0) is 77.4 Å². The fraction of sp³-hybridized carbons (Fsp3) is 0.154. The second-order valence-electron chi connectivity index (χ2n) is 7.79. The lowest BCUT2D eigenvalue weighted by molar-refractivity contribution is -0.385. The average molecular weight is 584 g/mol. The highest BCUT2D eigenvalue weighted by Gasteiger charge is 2.27. The van der Waals surface area contributed by atoms with Gasteiger partial charge in [-0.25, -0.2) is 9.79 Å². The molecule has 0 spiro atoms. The Labute approximate surface area is 215 Å². The Morgan fingerprint density at radius 1 is 1.14 bits per heavy atom. The molecule has 0 N–H and O–H groups in total. The minimum atomic E-state index is -0.639. The van der Waals surface area contributed by atoms with Crippen LogP contribution in [-0.4, -0.2) is 23.9 Å². The first kappa shape index (κ1) is 24.4. The average Bonchev–Trinajstić information content (AvgIpc) is 3.18. The van der Waals surface area contributed by atoms with Crippen LogP contribution in [0.3, 0.4) is 0 Å². The summed E-state index contributed by atoms with van der Waals surface area (Å²) in [4.78, 5) is 27.6. The third-order valence-corrected chi connectivity index (χ3v) is 6.34. The Hall–Kier alpha value is -3.73. The molecule has 1 aliphatic rings. The molecule has 1 aliphatic heterocycles. The number of nitro benzene ring substituents is 1. The number of ether oxygens (including phenoxy) is 3. The second-order valence-corrected chi connectivity index (χ2v) is 8.95. The molecule has 0 amide bonds. The number of carbonyl (C=O) groups is 1. The number of rotatable bonds is 7. The molecule has 178 valence electrons. The highest BCUT2D eigenvalue weighted by atomic mass is 127. The van der Waals surface area contributed by atoms with Gasteiger partial charge in [0, 0.05) is 17.2 Å². The SMILES string of the molecule is COc1cc(/C=C2\N=C(c3cccc([N+](=O)[O-])c3C)OC2=O)cc(I)c1OCc1ccccc1C. The number of carbonyl (C=O) groups excluding carboxylic acids is 1. The molecule has 9 heteroatoms. The number of benzene rings is 3. The van der Waals surface area contributed by atoms with E-state index >= 15 is 0 Å². The van der Waals surface area contributed by atoms with Gasteiger partial charge in [-0.15, -0.1) is 0 Å². The molecular weight excluding hydrogens is 563 g/mol. The molecule has 0 saturated carbocycles. The Morgan fingerprint density at radius 3 is 2.63 bits per heavy atom. The minimum Gasteiger partial charge on any atom is -0.493 e. The van der Waals surface area contributed by atoms with E-state index in [1.807, 2.05) is 37.3 Å². The molecular formula is C26H21IN2O6. The summed E-state index contributed by atoms with van der Waals surface area (Å²) in [6.45, 7) is 4.01. The Bertz CT molecular complexity index is 1400. The van der Waals surface area contributed by atoms with Crippen LogP contribution >= 0.6 is 22.6 Å². The van der Waals surface area contributed by atoms with Crippen molar-refractivity contribution in [2.24, 2.45) is 4.99 Å². The maximum atomic E-state index is 12.5. The van der Waals surface area contributed by atoms with Crippen LogP contribution < -0.4 is 9.47 Å². The van der Waals surface area contributed by atoms with E-state index in [0.29, 0.717) is 34.8 Å². The number of hydrogen-bond donors (Lipinski definition) is 0. The maximum absolute atomic E-state index is 12.5. The number of cyclic esters (lactones) is 1. The number of nitro groups is 1. The lowest BCUT2D eigenvalue weighted by atomic mass is 10.1. The topological polar surface area (TPSA) is 100 Å². The van der Waals surface area contributed by atoms with Gasteiger partial charge in [0.2, 0.25) is 5.90 Å². The van der Waals surface area contributed by atoms with Gasteiger partial charge in [0.1, 0.15) is 6.61 Å². The third kappa shape index (κ3) is 5.19. The summed E-state index contributed by atoms with van der Waals surface area (Å²) in [7, 11) is 1.55. The molecule has 3 aromatic rings. The quantitative estimate of drug-likeness (QED) is 0.115. The zero-order chi connectivity index (χ0) is 25.1. The van der Waals surface area contributed by atoms with Gasteiger partial charge in [0.15, 0.2) is 17.2 Å². The smallest absolute Gasteiger partial charge is 0.363 e. The standard InChI is InChI=1S/C26H21IN2O6/c1-15-7-4-5-8-18(15)14-34-24-20(27)11-17(13-23(24)33-3)12-21-26(30)35-25(28-21)19-9-6-10-22(16(19)2)29(31)32/h4-13H,14H2,1-3H3/b21-12-. The number of aryl methyl sites for hydroxylation is 1. The molecule has 0 fully saturated rings. The van der Waals surface area contributed by atoms with Crippen LogP contribution in [0.25, 0.3) is 6.08 Å². The molecule has 4 rings (SSSR count). The molecule has 35 heavy (non-hydrogen) atoms. The number of hydrogen-bond acceptors (Lipinski definition) is 7. The summed E-state index contributed by atoms with van der Waals surface area (Å²) < 4.78 is 17.7. The van der Waals surface area contributed by atoms with Crippen LogP contribution in [0.15, 0.2) is 65.3 Å². The van der Waals surface area contributed by atoms with Crippen molar-refractivity contribution in [2.45, 2.75) is 20.5 Å². The lowest BCUT2D eigenvalue weighted by Crippen LogP contribution is -2.08. The summed E-state index contributed by atoms with van der Waals surface area (Å²) in [6, 6.07) is 16.1. The van der Waals surface area contributed by atoms with E-state index in [1.165, 1.54) is 12.1 Å². The highest BCUT2D eigenvalue weighted by Crippen LogP contribution is 2.36. The first-order valence-corrected chi connectivity index (χ1v) is 11.7. The third-order valence-electron chi connectivity index (χ3n) is 5.54. The fourth-order valence-electron chi connectivity index (χ4n) is 3.62. The van der Waals surface area contributed by atoms with Crippen molar-refractivity contribution in [1.82, 2.24) is 0 Å². The van der Waals surface area contributed by atoms with Crippen molar-refractivity contribution < 1.29 is 23.9 Å². The molecule has 8 nitrogen and oxygen atoms in total. The molecule has 0 atom stereocenters. The first-order valence-electron chi connectivity index (χ1n) is 10.6. The molecule has 0 bridgehead atoms. The van der Waals surface area contributed by atoms with Crippen molar-refractivity contribution in [3.63, 3.8) is 0 Å².